The first kappa shape index (κ1) is 23.7. The zero-order valence-corrected chi connectivity index (χ0v) is 20.1. The van der Waals surface area contributed by atoms with E-state index in [1.165, 1.54) is 6.07 Å². The summed E-state index contributed by atoms with van der Waals surface area (Å²) in [5.74, 6) is -0.227. The lowest BCUT2D eigenvalue weighted by molar-refractivity contribution is 0.0650. The summed E-state index contributed by atoms with van der Waals surface area (Å²) in [5.41, 5.74) is 3.07. The molecule has 0 saturated carbocycles. The number of likely N-dealkylation sites (tertiary alicyclic amines) is 1. The first-order valence-corrected chi connectivity index (χ1v) is 12.8. The molecule has 176 valence electrons. The molecule has 1 fully saturated rings. The molecular weight excluding hydrogens is 448 g/mol. The Labute approximate surface area is 200 Å². The largest absolute Gasteiger partial charge is 0.339 e. The van der Waals surface area contributed by atoms with Crippen LogP contribution in [-0.4, -0.2) is 38.1 Å². The van der Waals surface area contributed by atoms with Gasteiger partial charge in [0.05, 0.1) is 4.90 Å². The van der Waals surface area contributed by atoms with Crippen molar-refractivity contribution < 1.29 is 18.0 Å². The van der Waals surface area contributed by atoms with Gasteiger partial charge in [0.25, 0.3) is 15.9 Å². The zero-order valence-electron chi connectivity index (χ0n) is 19.3. The van der Waals surface area contributed by atoms with Crippen LogP contribution in [0, 0.1) is 19.8 Å². The third-order valence-electron chi connectivity index (χ3n) is 6.24. The minimum Gasteiger partial charge on any atom is -0.339 e. The van der Waals surface area contributed by atoms with Crippen LogP contribution in [0.15, 0.2) is 77.7 Å². The van der Waals surface area contributed by atoms with E-state index in [-0.39, 0.29) is 22.5 Å². The molecule has 7 heteroatoms. The fourth-order valence-corrected chi connectivity index (χ4v) is 5.55. The average molecular weight is 477 g/mol. The van der Waals surface area contributed by atoms with E-state index in [1.807, 2.05) is 49.4 Å². The van der Waals surface area contributed by atoms with Crippen molar-refractivity contribution in [3.8, 4) is 0 Å². The molecule has 1 amide bonds. The predicted octanol–water partition coefficient (Wildman–Crippen LogP) is 4.84. The first-order chi connectivity index (χ1) is 16.2. The highest BCUT2D eigenvalue weighted by Gasteiger charge is 2.29. The molecule has 0 spiro atoms. The second-order valence-electron chi connectivity index (χ2n) is 8.75. The molecule has 3 aromatic rings. The lowest BCUT2D eigenvalue weighted by atomic mass is 9.88. The standard InChI is InChI=1S/C27H28N2O4S/c1-19-8-12-24(13-9-19)28-34(32,33)25-18-23(11-10-20(25)2)27(31)29-16-14-22(15-17-29)26(30)21-6-4-3-5-7-21/h3-13,18,22,28H,14-17H2,1-2H3. The van der Waals surface area contributed by atoms with Crippen LogP contribution in [-0.2, 0) is 10.0 Å². The van der Waals surface area contributed by atoms with Gasteiger partial charge >= 0.3 is 0 Å². The zero-order chi connectivity index (χ0) is 24.3. The van der Waals surface area contributed by atoms with E-state index in [0.717, 1.165) is 5.56 Å². The summed E-state index contributed by atoms with van der Waals surface area (Å²) in [7, 11) is -3.86. The normalized spacial score (nSPS) is 14.6. The van der Waals surface area contributed by atoms with Crippen LogP contribution in [0.3, 0.4) is 0 Å². The Morgan fingerprint density at radius 3 is 2.15 bits per heavy atom. The van der Waals surface area contributed by atoms with Crippen molar-refractivity contribution in [2.75, 3.05) is 17.8 Å². The minimum absolute atomic E-state index is 0.0769. The Hall–Kier alpha value is -3.45. The number of aryl methyl sites for hydroxylation is 2. The molecule has 0 unspecified atom stereocenters. The van der Waals surface area contributed by atoms with Crippen molar-refractivity contribution in [2.45, 2.75) is 31.6 Å². The maximum atomic E-state index is 13.2. The van der Waals surface area contributed by atoms with Gasteiger partial charge in [-0.15, -0.1) is 0 Å². The number of piperidine rings is 1. The van der Waals surface area contributed by atoms with Crippen molar-refractivity contribution in [3.63, 3.8) is 0 Å². The summed E-state index contributed by atoms with van der Waals surface area (Å²) in [5, 5.41) is 0. The number of amides is 1. The molecule has 34 heavy (non-hydrogen) atoms. The van der Waals surface area contributed by atoms with Gasteiger partial charge in [-0.05, 0) is 56.5 Å². The molecule has 0 bridgehead atoms. The molecule has 0 atom stereocenters. The number of nitrogens with zero attached hydrogens (tertiary/aromatic N) is 1. The lowest BCUT2D eigenvalue weighted by Gasteiger charge is -2.31. The number of sulfonamides is 1. The van der Waals surface area contributed by atoms with Gasteiger partial charge in [-0.25, -0.2) is 8.42 Å². The summed E-state index contributed by atoms with van der Waals surface area (Å²) in [6.45, 7) is 4.55. The van der Waals surface area contributed by atoms with Gasteiger partial charge in [0.1, 0.15) is 0 Å². The number of benzene rings is 3. The van der Waals surface area contributed by atoms with Crippen molar-refractivity contribution in [3.05, 3.63) is 95.1 Å². The van der Waals surface area contributed by atoms with Crippen LogP contribution in [0.5, 0.6) is 0 Å². The highest BCUT2D eigenvalue weighted by atomic mass is 32.2. The van der Waals surface area contributed by atoms with E-state index in [0.29, 0.717) is 48.3 Å². The Morgan fingerprint density at radius 1 is 0.853 bits per heavy atom. The van der Waals surface area contributed by atoms with Crippen molar-refractivity contribution in [2.24, 2.45) is 5.92 Å². The number of Topliss-reactive ketones (excluding diaryl/α,β-unsaturated/α-hetero) is 1. The van der Waals surface area contributed by atoms with Crippen LogP contribution < -0.4 is 4.72 Å². The van der Waals surface area contributed by atoms with Crippen LogP contribution in [0.1, 0.15) is 44.7 Å². The van der Waals surface area contributed by atoms with Crippen LogP contribution in [0.2, 0.25) is 0 Å². The van der Waals surface area contributed by atoms with Crippen molar-refractivity contribution in [1.82, 2.24) is 4.90 Å². The van der Waals surface area contributed by atoms with Gasteiger partial charge in [-0.3, -0.25) is 14.3 Å². The Morgan fingerprint density at radius 2 is 1.50 bits per heavy atom. The number of ketones is 1. The Kier molecular flexibility index (Phi) is 6.84. The third-order valence-corrected chi connectivity index (χ3v) is 7.76. The SMILES string of the molecule is Cc1ccc(NS(=O)(=O)c2cc(C(=O)N3CCC(C(=O)c4ccccc4)CC3)ccc2C)cc1. The summed E-state index contributed by atoms with van der Waals surface area (Å²) in [6.07, 6.45) is 1.18. The maximum Gasteiger partial charge on any atom is 0.262 e. The van der Waals surface area contributed by atoms with E-state index >= 15 is 0 Å². The number of carbonyl (C=O) groups is 2. The van der Waals surface area contributed by atoms with Gasteiger partial charge in [0.15, 0.2) is 5.78 Å². The van der Waals surface area contributed by atoms with Gasteiger partial charge in [0, 0.05) is 35.8 Å². The number of rotatable bonds is 6. The van der Waals surface area contributed by atoms with Gasteiger partial charge < -0.3 is 4.90 Å². The molecule has 0 radical (unpaired) electrons. The summed E-state index contributed by atoms with van der Waals surface area (Å²) >= 11 is 0. The fraction of sp³-hybridized carbons (Fsp3) is 0.259. The predicted molar refractivity (Wildman–Crippen MR) is 133 cm³/mol. The van der Waals surface area contributed by atoms with Crippen molar-refractivity contribution in [1.29, 1.82) is 0 Å². The molecule has 1 saturated heterocycles. The smallest absolute Gasteiger partial charge is 0.262 e. The van der Waals surface area contributed by atoms with E-state index < -0.39 is 10.0 Å². The van der Waals surface area contributed by atoms with E-state index in [1.54, 1.807) is 36.1 Å². The van der Waals surface area contributed by atoms with Crippen LogP contribution in [0.4, 0.5) is 5.69 Å². The summed E-state index contributed by atoms with van der Waals surface area (Å²) in [6, 6.07) is 21.0. The van der Waals surface area contributed by atoms with Crippen LogP contribution >= 0.6 is 0 Å². The Balaban J connectivity index is 1.47. The molecule has 1 N–H and O–H groups in total. The fourth-order valence-electron chi connectivity index (χ4n) is 4.22. The van der Waals surface area contributed by atoms with Crippen molar-refractivity contribution >= 4 is 27.4 Å². The summed E-state index contributed by atoms with van der Waals surface area (Å²) in [4.78, 5) is 27.7. The highest BCUT2D eigenvalue weighted by Crippen LogP contribution is 2.25. The number of hydrogen-bond donors (Lipinski definition) is 1. The number of anilines is 1. The third kappa shape index (κ3) is 5.20. The summed E-state index contributed by atoms with van der Waals surface area (Å²) < 4.78 is 28.7. The van der Waals surface area contributed by atoms with Gasteiger partial charge in [0.2, 0.25) is 0 Å². The molecule has 0 aromatic heterocycles. The molecule has 1 aliphatic heterocycles. The monoisotopic (exact) mass is 476 g/mol. The average Bonchev–Trinajstić information content (AvgIpc) is 2.85. The van der Waals surface area contributed by atoms with Gasteiger partial charge in [-0.1, -0.05) is 54.1 Å². The molecule has 0 aliphatic carbocycles. The molecular formula is C27H28N2O4S. The molecule has 1 aliphatic rings. The first-order valence-electron chi connectivity index (χ1n) is 11.3. The Bertz CT molecular complexity index is 1290. The molecule has 6 nitrogen and oxygen atoms in total. The topological polar surface area (TPSA) is 83.6 Å². The molecule has 1 heterocycles. The van der Waals surface area contributed by atoms with E-state index in [9.17, 15) is 18.0 Å². The minimum atomic E-state index is -3.86. The van der Waals surface area contributed by atoms with Crippen LogP contribution in [0.25, 0.3) is 0 Å². The molecule has 3 aromatic carbocycles. The molecule has 4 rings (SSSR count). The number of nitrogens with one attached hydrogen (secondary N) is 1. The highest BCUT2D eigenvalue weighted by molar-refractivity contribution is 7.92. The maximum absolute atomic E-state index is 13.2. The van der Waals surface area contributed by atoms with E-state index in [2.05, 4.69) is 4.72 Å². The van der Waals surface area contributed by atoms with E-state index in [4.69, 9.17) is 0 Å². The number of hydrogen-bond acceptors (Lipinski definition) is 4. The second-order valence-corrected chi connectivity index (χ2v) is 10.4. The van der Waals surface area contributed by atoms with Gasteiger partial charge in [-0.2, -0.15) is 0 Å². The second kappa shape index (κ2) is 9.81. The lowest BCUT2D eigenvalue weighted by Crippen LogP contribution is -2.40. The quantitative estimate of drug-likeness (QED) is 0.516. The number of carbonyl (C=O) groups excluding carboxylic acids is 2.